The summed E-state index contributed by atoms with van der Waals surface area (Å²) in [6, 6.07) is 0.706. The first-order chi connectivity index (χ1) is 5.24. The lowest BCUT2D eigenvalue weighted by Crippen LogP contribution is -2.33. The van der Waals surface area contributed by atoms with Crippen molar-refractivity contribution < 1.29 is 0 Å². The fourth-order valence-corrected chi connectivity index (χ4v) is 1.92. The minimum Gasteiger partial charge on any atom is -0.315 e. The minimum atomic E-state index is 0.706. The van der Waals surface area contributed by atoms with Crippen LogP contribution >= 0.6 is 0 Å². The molecule has 1 fully saturated rings. The number of hydrogen-bond donors (Lipinski definition) is 2. The van der Waals surface area contributed by atoms with Gasteiger partial charge in [0.1, 0.15) is 0 Å². The summed E-state index contributed by atoms with van der Waals surface area (Å²) in [4.78, 5) is 0. The maximum atomic E-state index is 3.42. The van der Waals surface area contributed by atoms with Crippen LogP contribution in [0.15, 0.2) is 0 Å². The van der Waals surface area contributed by atoms with E-state index in [-0.39, 0.29) is 0 Å². The molecule has 1 rings (SSSR count). The molecule has 0 aromatic heterocycles. The molecule has 1 saturated heterocycles. The van der Waals surface area contributed by atoms with E-state index in [4.69, 9.17) is 0 Å². The molecule has 0 radical (unpaired) electrons. The molecule has 2 nitrogen and oxygen atoms in total. The Balaban J connectivity index is 2.31. The first-order valence-corrected chi connectivity index (χ1v) is 4.62. The molecule has 2 atom stereocenters. The van der Waals surface area contributed by atoms with Crippen molar-refractivity contribution >= 4 is 0 Å². The van der Waals surface area contributed by atoms with E-state index < -0.39 is 0 Å². The van der Waals surface area contributed by atoms with E-state index in [2.05, 4.69) is 31.5 Å². The molecule has 11 heavy (non-hydrogen) atoms. The summed E-state index contributed by atoms with van der Waals surface area (Å²) >= 11 is 0. The van der Waals surface area contributed by atoms with E-state index in [9.17, 15) is 0 Å². The van der Waals surface area contributed by atoms with Gasteiger partial charge < -0.3 is 10.6 Å². The van der Waals surface area contributed by atoms with Gasteiger partial charge in [-0.25, -0.2) is 0 Å². The van der Waals surface area contributed by atoms with Gasteiger partial charge in [-0.05, 0) is 31.8 Å². The van der Waals surface area contributed by atoms with Crippen molar-refractivity contribution in [2.45, 2.75) is 26.3 Å². The van der Waals surface area contributed by atoms with E-state index in [1.807, 2.05) is 0 Å². The molecule has 2 unspecified atom stereocenters. The Hall–Kier alpha value is -0.0800. The molecule has 0 spiro atoms. The van der Waals surface area contributed by atoms with E-state index >= 15 is 0 Å². The standard InChI is InChI=1S/C9H20N2/c1-7(2)4-8-5-11-6-9(8)10-3/h7-11H,4-6H2,1-3H3. The SMILES string of the molecule is CNC1CNCC1CC(C)C. The largest absolute Gasteiger partial charge is 0.315 e. The van der Waals surface area contributed by atoms with Crippen molar-refractivity contribution in [1.29, 1.82) is 0 Å². The van der Waals surface area contributed by atoms with E-state index in [1.54, 1.807) is 0 Å². The van der Waals surface area contributed by atoms with Gasteiger partial charge in [0.2, 0.25) is 0 Å². The maximum Gasteiger partial charge on any atom is 0.0229 e. The van der Waals surface area contributed by atoms with Gasteiger partial charge in [-0.2, -0.15) is 0 Å². The van der Waals surface area contributed by atoms with E-state index in [0.717, 1.165) is 18.4 Å². The van der Waals surface area contributed by atoms with Gasteiger partial charge >= 0.3 is 0 Å². The Labute approximate surface area is 69.8 Å². The molecule has 66 valence electrons. The van der Waals surface area contributed by atoms with Crippen LogP contribution in [0.25, 0.3) is 0 Å². The summed E-state index contributed by atoms with van der Waals surface area (Å²) in [6.07, 6.45) is 1.35. The molecule has 0 aliphatic carbocycles. The third-order valence-corrected chi connectivity index (χ3v) is 2.48. The number of rotatable bonds is 3. The molecule has 0 aromatic carbocycles. The Morgan fingerprint density at radius 2 is 2.18 bits per heavy atom. The summed E-state index contributed by atoms with van der Waals surface area (Å²) < 4.78 is 0. The second-order valence-corrected chi connectivity index (χ2v) is 3.94. The molecular weight excluding hydrogens is 136 g/mol. The zero-order chi connectivity index (χ0) is 8.27. The Bertz CT molecular complexity index is 112. The van der Waals surface area contributed by atoms with Crippen LogP contribution in [0.5, 0.6) is 0 Å². The highest BCUT2D eigenvalue weighted by atomic mass is 15.0. The highest BCUT2D eigenvalue weighted by Gasteiger charge is 2.25. The zero-order valence-corrected chi connectivity index (χ0v) is 7.85. The Morgan fingerprint density at radius 3 is 2.73 bits per heavy atom. The van der Waals surface area contributed by atoms with Crippen molar-refractivity contribution in [3.63, 3.8) is 0 Å². The fraction of sp³-hybridized carbons (Fsp3) is 1.00. The summed E-state index contributed by atoms with van der Waals surface area (Å²) in [6.45, 7) is 6.94. The van der Waals surface area contributed by atoms with Crippen LogP contribution in [0.1, 0.15) is 20.3 Å². The minimum absolute atomic E-state index is 0.706. The quantitative estimate of drug-likeness (QED) is 0.633. The van der Waals surface area contributed by atoms with Crippen LogP contribution in [0.4, 0.5) is 0 Å². The smallest absolute Gasteiger partial charge is 0.0229 e. The van der Waals surface area contributed by atoms with Crippen LogP contribution < -0.4 is 10.6 Å². The highest BCUT2D eigenvalue weighted by molar-refractivity contribution is 4.85. The van der Waals surface area contributed by atoms with Gasteiger partial charge in [-0.1, -0.05) is 13.8 Å². The summed E-state index contributed by atoms with van der Waals surface area (Å²) in [5.74, 6) is 1.68. The molecule has 2 heteroatoms. The average Bonchev–Trinajstić information content (AvgIpc) is 2.34. The summed E-state index contributed by atoms with van der Waals surface area (Å²) in [7, 11) is 2.06. The molecule has 1 aliphatic rings. The van der Waals surface area contributed by atoms with Gasteiger partial charge in [0.15, 0.2) is 0 Å². The topological polar surface area (TPSA) is 24.1 Å². The molecule has 2 N–H and O–H groups in total. The molecule has 1 aliphatic heterocycles. The lowest BCUT2D eigenvalue weighted by Gasteiger charge is -2.19. The van der Waals surface area contributed by atoms with Gasteiger partial charge in [-0.15, -0.1) is 0 Å². The Kier molecular flexibility index (Phi) is 3.34. The van der Waals surface area contributed by atoms with Crippen molar-refractivity contribution in [2.24, 2.45) is 11.8 Å². The van der Waals surface area contributed by atoms with Crippen molar-refractivity contribution in [1.82, 2.24) is 10.6 Å². The molecule has 1 heterocycles. The fourth-order valence-electron chi connectivity index (χ4n) is 1.92. The number of nitrogens with one attached hydrogen (secondary N) is 2. The van der Waals surface area contributed by atoms with Crippen molar-refractivity contribution in [2.75, 3.05) is 20.1 Å². The van der Waals surface area contributed by atoms with Crippen LogP contribution in [0, 0.1) is 11.8 Å². The summed E-state index contributed by atoms with van der Waals surface area (Å²) in [5, 5.41) is 6.77. The summed E-state index contributed by atoms with van der Waals surface area (Å²) in [5.41, 5.74) is 0. The lowest BCUT2D eigenvalue weighted by molar-refractivity contribution is 0.374. The van der Waals surface area contributed by atoms with E-state index in [0.29, 0.717) is 6.04 Å². The zero-order valence-electron chi connectivity index (χ0n) is 7.85. The number of likely N-dealkylation sites (N-methyl/N-ethyl adjacent to an activating group) is 1. The van der Waals surface area contributed by atoms with Crippen LogP contribution in [0.3, 0.4) is 0 Å². The molecular formula is C9H20N2. The molecule has 0 aromatic rings. The van der Waals surface area contributed by atoms with Crippen molar-refractivity contribution in [3.05, 3.63) is 0 Å². The van der Waals surface area contributed by atoms with Crippen LogP contribution in [0.2, 0.25) is 0 Å². The second-order valence-electron chi connectivity index (χ2n) is 3.94. The third-order valence-electron chi connectivity index (χ3n) is 2.48. The van der Waals surface area contributed by atoms with Gasteiger partial charge in [0.25, 0.3) is 0 Å². The molecule has 0 bridgehead atoms. The third kappa shape index (κ3) is 2.46. The first kappa shape index (κ1) is 9.01. The predicted octanol–water partition coefficient (Wildman–Crippen LogP) is 0.840. The molecule has 0 amide bonds. The van der Waals surface area contributed by atoms with Crippen LogP contribution in [-0.2, 0) is 0 Å². The lowest BCUT2D eigenvalue weighted by atomic mass is 9.93. The average molecular weight is 156 g/mol. The van der Waals surface area contributed by atoms with Gasteiger partial charge in [-0.3, -0.25) is 0 Å². The monoisotopic (exact) mass is 156 g/mol. The van der Waals surface area contributed by atoms with E-state index in [1.165, 1.54) is 13.0 Å². The van der Waals surface area contributed by atoms with Crippen molar-refractivity contribution in [3.8, 4) is 0 Å². The van der Waals surface area contributed by atoms with Gasteiger partial charge in [0, 0.05) is 12.6 Å². The maximum absolute atomic E-state index is 3.42. The second kappa shape index (κ2) is 4.07. The normalized spacial score (nSPS) is 31.6. The highest BCUT2D eigenvalue weighted by Crippen LogP contribution is 2.17. The number of hydrogen-bond acceptors (Lipinski definition) is 2. The molecule has 0 saturated carbocycles. The Morgan fingerprint density at radius 1 is 1.45 bits per heavy atom. The van der Waals surface area contributed by atoms with Crippen LogP contribution in [-0.4, -0.2) is 26.2 Å². The predicted molar refractivity (Wildman–Crippen MR) is 48.7 cm³/mol. The van der Waals surface area contributed by atoms with Gasteiger partial charge in [0.05, 0.1) is 0 Å². The first-order valence-electron chi connectivity index (χ1n) is 4.62.